The smallest absolute Gasteiger partial charge is 0.241 e. The van der Waals surface area contributed by atoms with E-state index in [1.807, 2.05) is 0 Å². The van der Waals surface area contributed by atoms with Gasteiger partial charge in [-0.05, 0) is 67.0 Å². The average Bonchev–Trinajstić information content (AvgIpc) is 2.41. The van der Waals surface area contributed by atoms with Gasteiger partial charge in [0.2, 0.25) is 10.0 Å². The van der Waals surface area contributed by atoms with Gasteiger partial charge >= 0.3 is 0 Å². The van der Waals surface area contributed by atoms with Crippen LogP contribution in [-0.2, 0) is 10.0 Å². The zero-order valence-corrected chi connectivity index (χ0v) is 15.6. The molecule has 0 amide bonds. The van der Waals surface area contributed by atoms with E-state index in [0.717, 1.165) is 12.1 Å². The minimum Gasteiger partial charge on any atom is -0.453 e. The summed E-state index contributed by atoms with van der Waals surface area (Å²) in [5.41, 5.74) is -0.627. The quantitative estimate of drug-likeness (QED) is 0.787. The molecule has 0 aliphatic heterocycles. The van der Waals surface area contributed by atoms with Gasteiger partial charge in [0.25, 0.3) is 0 Å². The molecule has 4 nitrogen and oxygen atoms in total. The first-order valence-corrected chi connectivity index (χ1v) is 9.22. The molecule has 0 aliphatic rings. The van der Waals surface area contributed by atoms with E-state index in [4.69, 9.17) is 4.74 Å². The molecule has 0 saturated carbocycles. The SMILES string of the molecule is CC(C)(C)NS(=O)(=O)c1ccc(Oc2ccc(F)cc2F)c(Br)c1. The zero-order valence-electron chi connectivity index (χ0n) is 13.2. The number of hydrogen-bond acceptors (Lipinski definition) is 3. The van der Waals surface area contributed by atoms with E-state index in [1.54, 1.807) is 20.8 Å². The molecule has 2 rings (SSSR count). The third-order valence-electron chi connectivity index (χ3n) is 2.77. The van der Waals surface area contributed by atoms with Crippen LogP contribution in [0.5, 0.6) is 11.5 Å². The largest absolute Gasteiger partial charge is 0.453 e. The summed E-state index contributed by atoms with van der Waals surface area (Å²) >= 11 is 3.20. The molecule has 0 bridgehead atoms. The Kier molecular flexibility index (Phi) is 5.31. The van der Waals surface area contributed by atoms with Crippen molar-refractivity contribution in [3.05, 3.63) is 52.5 Å². The van der Waals surface area contributed by atoms with Crippen molar-refractivity contribution in [2.24, 2.45) is 0 Å². The summed E-state index contributed by atoms with van der Waals surface area (Å²) < 4.78 is 59.3. The molecular weight excluding hydrogens is 404 g/mol. The van der Waals surface area contributed by atoms with E-state index in [2.05, 4.69) is 20.7 Å². The predicted octanol–water partition coefficient (Wildman–Crippen LogP) is 4.60. The molecule has 0 aromatic heterocycles. The monoisotopic (exact) mass is 419 g/mol. The van der Waals surface area contributed by atoms with Crippen LogP contribution < -0.4 is 9.46 Å². The van der Waals surface area contributed by atoms with E-state index in [1.165, 1.54) is 18.2 Å². The molecule has 2 aromatic rings. The molecule has 8 heteroatoms. The Balaban J connectivity index is 2.30. The minimum absolute atomic E-state index is 0.0382. The van der Waals surface area contributed by atoms with Gasteiger partial charge in [-0.3, -0.25) is 0 Å². The lowest BCUT2D eigenvalue weighted by Crippen LogP contribution is -2.40. The standard InChI is InChI=1S/C16H16BrF2NO3S/c1-16(2,3)20-24(21,22)11-5-7-14(12(17)9-11)23-15-6-4-10(18)8-13(15)19/h4-9,20H,1-3H3. The Morgan fingerprint density at radius 1 is 1.04 bits per heavy atom. The summed E-state index contributed by atoms with van der Waals surface area (Å²) in [5.74, 6) is -1.53. The summed E-state index contributed by atoms with van der Waals surface area (Å²) in [7, 11) is -3.70. The van der Waals surface area contributed by atoms with E-state index in [9.17, 15) is 17.2 Å². The number of hydrogen-bond donors (Lipinski definition) is 1. The van der Waals surface area contributed by atoms with Crippen LogP contribution in [0.1, 0.15) is 20.8 Å². The number of benzene rings is 2. The van der Waals surface area contributed by atoms with E-state index in [-0.39, 0.29) is 16.4 Å². The molecule has 2 aromatic carbocycles. The zero-order chi connectivity index (χ0) is 18.1. The van der Waals surface area contributed by atoms with Crippen LogP contribution >= 0.6 is 15.9 Å². The lowest BCUT2D eigenvalue weighted by atomic mass is 10.1. The van der Waals surface area contributed by atoms with Crippen molar-refractivity contribution in [3.8, 4) is 11.5 Å². The molecule has 0 radical (unpaired) electrons. The summed E-state index contributed by atoms with van der Waals surface area (Å²) in [6, 6.07) is 7.02. The molecule has 0 saturated heterocycles. The molecule has 130 valence electrons. The number of rotatable bonds is 4. The topological polar surface area (TPSA) is 55.4 Å². The molecule has 0 fully saturated rings. The second-order valence-electron chi connectivity index (χ2n) is 6.12. The first-order valence-electron chi connectivity index (χ1n) is 6.94. The summed E-state index contributed by atoms with van der Waals surface area (Å²) in [4.78, 5) is 0.0382. The number of ether oxygens (including phenoxy) is 1. The fourth-order valence-corrected chi connectivity index (χ4v) is 3.93. The minimum atomic E-state index is -3.70. The van der Waals surface area contributed by atoms with Crippen molar-refractivity contribution < 1.29 is 21.9 Å². The van der Waals surface area contributed by atoms with Crippen molar-refractivity contribution in [3.63, 3.8) is 0 Å². The van der Waals surface area contributed by atoms with Gasteiger partial charge in [0, 0.05) is 11.6 Å². The van der Waals surface area contributed by atoms with Gasteiger partial charge < -0.3 is 4.74 Å². The molecule has 24 heavy (non-hydrogen) atoms. The first-order chi connectivity index (χ1) is 11.0. The third kappa shape index (κ3) is 4.75. The van der Waals surface area contributed by atoms with Gasteiger partial charge in [0.1, 0.15) is 11.6 Å². The van der Waals surface area contributed by atoms with Gasteiger partial charge in [-0.2, -0.15) is 0 Å². The van der Waals surface area contributed by atoms with Crippen LogP contribution in [0.4, 0.5) is 8.78 Å². The number of halogens is 3. The highest BCUT2D eigenvalue weighted by Crippen LogP contribution is 2.33. The normalized spacial score (nSPS) is 12.2. The highest BCUT2D eigenvalue weighted by atomic mass is 79.9. The lowest BCUT2D eigenvalue weighted by molar-refractivity contribution is 0.435. The molecule has 1 N–H and O–H groups in total. The first kappa shape index (κ1) is 18.8. The fourth-order valence-electron chi connectivity index (χ4n) is 1.87. The molecule has 0 aliphatic carbocycles. The van der Waals surface area contributed by atoms with Crippen molar-refractivity contribution in [2.75, 3.05) is 0 Å². The van der Waals surface area contributed by atoms with E-state index >= 15 is 0 Å². The number of sulfonamides is 1. The second-order valence-corrected chi connectivity index (χ2v) is 8.66. The predicted molar refractivity (Wildman–Crippen MR) is 90.6 cm³/mol. The van der Waals surface area contributed by atoms with Crippen molar-refractivity contribution in [1.82, 2.24) is 4.72 Å². The fraction of sp³-hybridized carbons (Fsp3) is 0.250. The maximum absolute atomic E-state index is 13.6. The highest BCUT2D eigenvalue weighted by molar-refractivity contribution is 9.10. The molecule has 0 unspecified atom stereocenters. The summed E-state index contributed by atoms with van der Waals surface area (Å²) in [6.07, 6.45) is 0. The molecular formula is C16H16BrF2NO3S. The van der Waals surface area contributed by atoms with Crippen molar-refractivity contribution in [1.29, 1.82) is 0 Å². The Hall–Kier alpha value is -1.51. The number of nitrogens with one attached hydrogen (secondary N) is 1. The van der Waals surface area contributed by atoms with Crippen LogP contribution in [0.2, 0.25) is 0 Å². The van der Waals surface area contributed by atoms with E-state index < -0.39 is 27.2 Å². The van der Waals surface area contributed by atoms with Gasteiger partial charge in [-0.25, -0.2) is 21.9 Å². The highest BCUT2D eigenvalue weighted by Gasteiger charge is 2.23. The molecule has 0 atom stereocenters. The van der Waals surface area contributed by atoms with E-state index in [0.29, 0.717) is 10.5 Å². The average molecular weight is 420 g/mol. The summed E-state index contributed by atoms with van der Waals surface area (Å²) in [6.45, 7) is 5.19. The van der Waals surface area contributed by atoms with Crippen molar-refractivity contribution >= 4 is 26.0 Å². The van der Waals surface area contributed by atoms with Crippen LogP contribution in [0.25, 0.3) is 0 Å². The second kappa shape index (κ2) is 6.78. The van der Waals surface area contributed by atoms with Crippen molar-refractivity contribution in [2.45, 2.75) is 31.2 Å². The maximum Gasteiger partial charge on any atom is 0.241 e. The lowest BCUT2D eigenvalue weighted by Gasteiger charge is -2.20. The molecule has 0 spiro atoms. The van der Waals surface area contributed by atoms with Gasteiger partial charge in [0.05, 0.1) is 9.37 Å². The Morgan fingerprint density at radius 2 is 1.67 bits per heavy atom. The Bertz CT molecular complexity index is 864. The van der Waals surface area contributed by atoms with Crippen LogP contribution in [0, 0.1) is 11.6 Å². The van der Waals surface area contributed by atoms with Crippen LogP contribution in [0.3, 0.4) is 0 Å². The van der Waals surface area contributed by atoms with Crippen LogP contribution in [-0.4, -0.2) is 14.0 Å². The maximum atomic E-state index is 13.6. The van der Waals surface area contributed by atoms with Gasteiger partial charge in [-0.15, -0.1) is 0 Å². The summed E-state index contributed by atoms with van der Waals surface area (Å²) in [5, 5.41) is 0. The van der Waals surface area contributed by atoms with Crippen LogP contribution in [0.15, 0.2) is 45.8 Å². The third-order valence-corrected chi connectivity index (χ3v) is 5.14. The van der Waals surface area contributed by atoms with Gasteiger partial charge in [0.15, 0.2) is 11.6 Å². The molecule has 0 heterocycles. The Labute approximate surface area is 148 Å². The Morgan fingerprint density at radius 3 is 2.21 bits per heavy atom. The van der Waals surface area contributed by atoms with Gasteiger partial charge in [-0.1, -0.05) is 0 Å².